The smallest absolute Gasteiger partial charge is 0.134 e. The number of hydrogen-bond donors (Lipinski definition) is 1. The van der Waals surface area contributed by atoms with Gasteiger partial charge in [-0.1, -0.05) is 13.8 Å². The number of ether oxygens (including phenoxy) is 1. The van der Waals surface area contributed by atoms with Crippen LogP contribution in [0, 0.1) is 5.92 Å². The van der Waals surface area contributed by atoms with Crippen molar-refractivity contribution in [1.82, 2.24) is 5.32 Å². The van der Waals surface area contributed by atoms with Crippen molar-refractivity contribution in [3.05, 3.63) is 24.2 Å². The Bertz CT molecular complexity index is 347. The molecule has 1 aliphatic heterocycles. The first kappa shape index (κ1) is 12.7. The second-order valence-electron chi connectivity index (χ2n) is 5.77. The van der Waals surface area contributed by atoms with Gasteiger partial charge in [-0.2, -0.15) is 0 Å². The zero-order chi connectivity index (χ0) is 12.5. The molecule has 3 heteroatoms. The molecule has 0 aromatic carbocycles. The molecule has 0 amide bonds. The Morgan fingerprint density at radius 3 is 2.88 bits per heavy atom. The predicted molar refractivity (Wildman–Crippen MR) is 67.9 cm³/mol. The van der Waals surface area contributed by atoms with Gasteiger partial charge in [0.1, 0.15) is 11.9 Å². The molecule has 2 heterocycles. The minimum absolute atomic E-state index is 0.0162. The molecule has 1 aromatic heterocycles. The third kappa shape index (κ3) is 2.90. The highest BCUT2D eigenvalue weighted by Crippen LogP contribution is 2.34. The van der Waals surface area contributed by atoms with Crippen molar-refractivity contribution in [3.63, 3.8) is 0 Å². The molecule has 3 nitrogen and oxygen atoms in total. The fourth-order valence-electron chi connectivity index (χ4n) is 2.68. The first-order valence-corrected chi connectivity index (χ1v) is 6.45. The van der Waals surface area contributed by atoms with E-state index >= 15 is 0 Å². The summed E-state index contributed by atoms with van der Waals surface area (Å²) in [7, 11) is 0. The molecule has 2 rings (SSSR count). The fourth-order valence-corrected chi connectivity index (χ4v) is 2.68. The molecule has 1 aliphatic rings. The number of furan rings is 1. The Hall–Kier alpha value is -0.800. The average molecular weight is 237 g/mol. The van der Waals surface area contributed by atoms with Crippen molar-refractivity contribution >= 4 is 0 Å². The van der Waals surface area contributed by atoms with E-state index in [1.165, 1.54) is 0 Å². The van der Waals surface area contributed by atoms with Gasteiger partial charge in [-0.25, -0.2) is 0 Å². The van der Waals surface area contributed by atoms with Gasteiger partial charge in [-0.15, -0.1) is 0 Å². The van der Waals surface area contributed by atoms with Crippen LogP contribution in [0.2, 0.25) is 0 Å². The van der Waals surface area contributed by atoms with E-state index in [1.54, 1.807) is 6.26 Å². The molecule has 0 radical (unpaired) electrons. The molecular weight excluding hydrogens is 214 g/mol. The molecule has 1 saturated heterocycles. The average Bonchev–Trinajstić information content (AvgIpc) is 2.74. The lowest BCUT2D eigenvalue weighted by molar-refractivity contribution is -0.140. The van der Waals surface area contributed by atoms with Crippen LogP contribution in [0.4, 0.5) is 0 Å². The highest BCUT2D eigenvalue weighted by Gasteiger charge is 2.38. The van der Waals surface area contributed by atoms with Crippen LogP contribution in [0.15, 0.2) is 22.8 Å². The lowest BCUT2D eigenvalue weighted by Crippen LogP contribution is -2.53. The molecule has 0 bridgehead atoms. The molecule has 0 spiro atoms. The Morgan fingerprint density at radius 2 is 2.29 bits per heavy atom. The third-order valence-corrected chi connectivity index (χ3v) is 3.33. The number of morpholine rings is 1. The van der Waals surface area contributed by atoms with Crippen LogP contribution in [0.3, 0.4) is 0 Å². The Morgan fingerprint density at radius 1 is 1.53 bits per heavy atom. The quantitative estimate of drug-likeness (QED) is 0.877. The summed E-state index contributed by atoms with van der Waals surface area (Å²) >= 11 is 0. The Kier molecular flexibility index (Phi) is 3.59. The normalized spacial score (nSPS) is 34.2. The summed E-state index contributed by atoms with van der Waals surface area (Å²) in [5.41, 5.74) is -0.0991. The monoisotopic (exact) mass is 237 g/mol. The predicted octanol–water partition coefficient (Wildman–Crippen LogP) is 3.13. The highest BCUT2D eigenvalue weighted by atomic mass is 16.5. The summed E-state index contributed by atoms with van der Waals surface area (Å²) < 4.78 is 11.8. The largest absolute Gasteiger partial charge is 0.467 e. The van der Waals surface area contributed by atoms with Crippen molar-refractivity contribution in [2.45, 2.75) is 51.9 Å². The second kappa shape index (κ2) is 4.83. The maximum absolute atomic E-state index is 6.29. The van der Waals surface area contributed by atoms with E-state index in [-0.39, 0.29) is 11.7 Å². The topological polar surface area (TPSA) is 34.4 Å². The van der Waals surface area contributed by atoms with E-state index < -0.39 is 0 Å². The molecule has 0 saturated carbocycles. The highest BCUT2D eigenvalue weighted by molar-refractivity contribution is 5.07. The maximum atomic E-state index is 6.29. The van der Waals surface area contributed by atoms with Crippen LogP contribution in [0.5, 0.6) is 0 Å². The van der Waals surface area contributed by atoms with E-state index in [2.05, 4.69) is 33.0 Å². The molecule has 3 atom stereocenters. The van der Waals surface area contributed by atoms with Crippen LogP contribution in [0.1, 0.15) is 46.0 Å². The fraction of sp³-hybridized carbons (Fsp3) is 0.714. The minimum Gasteiger partial charge on any atom is -0.467 e. The third-order valence-electron chi connectivity index (χ3n) is 3.33. The van der Waals surface area contributed by atoms with Crippen LogP contribution < -0.4 is 5.32 Å². The van der Waals surface area contributed by atoms with Crippen molar-refractivity contribution in [1.29, 1.82) is 0 Å². The van der Waals surface area contributed by atoms with Gasteiger partial charge in [0.05, 0.1) is 11.9 Å². The summed E-state index contributed by atoms with van der Waals surface area (Å²) in [6, 6.07) is 4.20. The van der Waals surface area contributed by atoms with E-state index in [1.807, 2.05) is 12.1 Å². The molecule has 96 valence electrons. The summed E-state index contributed by atoms with van der Waals surface area (Å²) in [6.07, 6.45) is 2.78. The number of hydrogen-bond acceptors (Lipinski definition) is 3. The maximum Gasteiger partial charge on any atom is 0.134 e. The SMILES string of the molecule is CC(C)CC1(C)CNC(C)C(c2ccco2)O1. The second-order valence-corrected chi connectivity index (χ2v) is 5.77. The van der Waals surface area contributed by atoms with Crippen LogP contribution in [-0.2, 0) is 4.74 Å². The van der Waals surface area contributed by atoms with Gasteiger partial charge in [-0.3, -0.25) is 0 Å². The van der Waals surface area contributed by atoms with Crippen molar-refractivity contribution in [2.24, 2.45) is 5.92 Å². The van der Waals surface area contributed by atoms with E-state index in [4.69, 9.17) is 9.15 Å². The standard InChI is InChI=1S/C14H23NO2/c1-10(2)8-14(4)9-15-11(3)13(17-14)12-6-5-7-16-12/h5-7,10-11,13,15H,8-9H2,1-4H3. The van der Waals surface area contributed by atoms with Gasteiger partial charge in [0.2, 0.25) is 0 Å². The van der Waals surface area contributed by atoms with E-state index in [0.29, 0.717) is 12.0 Å². The first-order valence-electron chi connectivity index (χ1n) is 6.45. The lowest BCUT2D eigenvalue weighted by Gasteiger charge is -2.43. The van der Waals surface area contributed by atoms with Gasteiger partial charge >= 0.3 is 0 Å². The summed E-state index contributed by atoms with van der Waals surface area (Å²) in [6.45, 7) is 9.69. The molecule has 1 aromatic rings. The molecular formula is C14H23NO2. The minimum atomic E-state index is -0.0991. The van der Waals surface area contributed by atoms with E-state index in [9.17, 15) is 0 Å². The van der Waals surface area contributed by atoms with Crippen LogP contribution >= 0.6 is 0 Å². The first-order chi connectivity index (χ1) is 8.00. The van der Waals surface area contributed by atoms with Crippen molar-refractivity contribution in [2.75, 3.05) is 6.54 Å². The zero-order valence-electron chi connectivity index (χ0n) is 11.2. The van der Waals surface area contributed by atoms with E-state index in [0.717, 1.165) is 18.7 Å². The Balaban J connectivity index is 2.11. The van der Waals surface area contributed by atoms with Crippen LogP contribution in [0.25, 0.3) is 0 Å². The van der Waals surface area contributed by atoms with Gasteiger partial charge in [-0.05, 0) is 38.3 Å². The van der Waals surface area contributed by atoms with Crippen LogP contribution in [-0.4, -0.2) is 18.2 Å². The molecule has 1 fully saturated rings. The van der Waals surface area contributed by atoms with Crippen molar-refractivity contribution in [3.8, 4) is 0 Å². The number of rotatable bonds is 3. The summed E-state index contributed by atoms with van der Waals surface area (Å²) in [5, 5.41) is 3.53. The summed E-state index contributed by atoms with van der Waals surface area (Å²) in [5.74, 6) is 1.55. The van der Waals surface area contributed by atoms with Gasteiger partial charge in [0, 0.05) is 12.6 Å². The molecule has 1 N–H and O–H groups in total. The van der Waals surface area contributed by atoms with Gasteiger partial charge in [0.15, 0.2) is 0 Å². The van der Waals surface area contributed by atoms with Gasteiger partial charge in [0.25, 0.3) is 0 Å². The van der Waals surface area contributed by atoms with Gasteiger partial charge < -0.3 is 14.5 Å². The zero-order valence-corrected chi connectivity index (χ0v) is 11.2. The molecule has 0 aliphatic carbocycles. The van der Waals surface area contributed by atoms with Crippen molar-refractivity contribution < 1.29 is 9.15 Å². The molecule has 3 unspecified atom stereocenters. The Labute approximate surface area is 104 Å². The summed E-state index contributed by atoms with van der Waals surface area (Å²) in [4.78, 5) is 0. The lowest BCUT2D eigenvalue weighted by atomic mass is 9.91. The molecule has 17 heavy (non-hydrogen) atoms. The number of nitrogens with one attached hydrogen (secondary N) is 1.